The fourth-order valence-electron chi connectivity index (χ4n) is 1.76. The first kappa shape index (κ1) is 15.9. The van der Waals surface area contributed by atoms with Crippen molar-refractivity contribution in [2.24, 2.45) is 0 Å². The van der Waals surface area contributed by atoms with E-state index < -0.39 is 23.2 Å². The molecule has 0 spiro atoms. The van der Waals surface area contributed by atoms with Crippen molar-refractivity contribution in [1.29, 1.82) is 0 Å². The second-order valence-electron chi connectivity index (χ2n) is 4.16. The fourth-order valence-corrected chi connectivity index (χ4v) is 3.24. The molecule has 0 aliphatic heterocycles. The summed E-state index contributed by atoms with van der Waals surface area (Å²) in [4.78, 5) is 12.4. The highest BCUT2D eigenvalue weighted by Crippen LogP contribution is 2.24. The average Bonchev–Trinajstić information content (AvgIpc) is 2.88. The molecule has 2 rings (SSSR count). The highest BCUT2D eigenvalue weighted by molar-refractivity contribution is 9.11. The molecular formula is C14H12BrF2NO2S. The Labute approximate surface area is 133 Å². The second-order valence-corrected chi connectivity index (χ2v) is 6.71. The van der Waals surface area contributed by atoms with Gasteiger partial charge in [0.2, 0.25) is 0 Å². The number of carbonyl (C=O) groups is 1. The molecule has 0 radical (unpaired) electrons. The van der Waals surface area contributed by atoms with Gasteiger partial charge in [-0.05, 0) is 46.6 Å². The van der Waals surface area contributed by atoms with Gasteiger partial charge in [0.15, 0.2) is 11.6 Å². The lowest BCUT2D eigenvalue weighted by atomic mass is 10.1. The highest BCUT2D eigenvalue weighted by atomic mass is 79.9. The largest absolute Gasteiger partial charge is 0.465 e. The molecule has 0 saturated carbocycles. The van der Waals surface area contributed by atoms with E-state index in [1.165, 1.54) is 12.1 Å². The molecule has 1 heterocycles. The maximum absolute atomic E-state index is 13.8. The highest BCUT2D eigenvalue weighted by Gasteiger charge is 2.18. The number of carbonyl (C=O) groups excluding carboxylic acids is 1. The monoisotopic (exact) mass is 375 g/mol. The van der Waals surface area contributed by atoms with E-state index in [-0.39, 0.29) is 5.69 Å². The topological polar surface area (TPSA) is 38.3 Å². The number of rotatable bonds is 5. The predicted octanol–water partition coefficient (Wildman–Crippen LogP) is 4.23. The normalized spacial score (nSPS) is 10.5. The van der Waals surface area contributed by atoms with E-state index in [9.17, 15) is 13.6 Å². The molecule has 1 aromatic heterocycles. The lowest BCUT2D eigenvalue weighted by Gasteiger charge is -2.09. The van der Waals surface area contributed by atoms with E-state index in [1.54, 1.807) is 11.3 Å². The number of methoxy groups -OCH3 is 1. The Bertz CT molecular complexity index is 660. The summed E-state index contributed by atoms with van der Waals surface area (Å²) >= 11 is 4.95. The van der Waals surface area contributed by atoms with Gasteiger partial charge in [0.1, 0.15) is 0 Å². The summed E-state index contributed by atoms with van der Waals surface area (Å²) in [5, 5.41) is 2.82. The number of thiophene rings is 1. The van der Waals surface area contributed by atoms with Crippen molar-refractivity contribution in [2.75, 3.05) is 19.0 Å². The SMILES string of the molecule is COC(=O)c1ccc(NCCc2ccc(Br)s2)c(F)c1F. The molecule has 0 amide bonds. The summed E-state index contributed by atoms with van der Waals surface area (Å²) in [6, 6.07) is 6.43. The predicted molar refractivity (Wildman–Crippen MR) is 81.9 cm³/mol. The zero-order valence-electron chi connectivity index (χ0n) is 11.1. The van der Waals surface area contributed by atoms with Crippen molar-refractivity contribution in [1.82, 2.24) is 0 Å². The Morgan fingerprint density at radius 3 is 2.67 bits per heavy atom. The van der Waals surface area contributed by atoms with Gasteiger partial charge >= 0.3 is 5.97 Å². The third-order valence-corrected chi connectivity index (χ3v) is 4.49. The zero-order chi connectivity index (χ0) is 15.4. The van der Waals surface area contributed by atoms with E-state index in [1.807, 2.05) is 12.1 Å². The first-order valence-corrected chi connectivity index (χ1v) is 7.68. The summed E-state index contributed by atoms with van der Waals surface area (Å²) in [6.07, 6.45) is 0.691. The molecule has 2 aromatic rings. The number of ether oxygens (including phenoxy) is 1. The fraction of sp³-hybridized carbons (Fsp3) is 0.214. The molecule has 0 fully saturated rings. The van der Waals surface area contributed by atoms with Crippen molar-refractivity contribution >= 4 is 38.9 Å². The Hall–Kier alpha value is -1.47. The Kier molecular flexibility index (Phi) is 5.30. The minimum Gasteiger partial charge on any atom is -0.465 e. The second kappa shape index (κ2) is 7.00. The third kappa shape index (κ3) is 3.79. The van der Waals surface area contributed by atoms with Crippen LogP contribution in [0.4, 0.5) is 14.5 Å². The summed E-state index contributed by atoms with van der Waals surface area (Å²) in [5.41, 5.74) is -0.390. The molecule has 0 saturated heterocycles. The smallest absolute Gasteiger partial charge is 0.340 e. The van der Waals surface area contributed by atoms with E-state index >= 15 is 0 Å². The van der Waals surface area contributed by atoms with Gasteiger partial charge in [-0.25, -0.2) is 13.6 Å². The van der Waals surface area contributed by atoms with Gasteiger partial charge in [0, 0.05) is 11.4 Å². The van der Waals surface area contributed by atoms with Crippen LogP contribution in [0.1, 0.15) is 15.2 Å². The number of halogens is 3. The Balaban J connectivity index is 2.04. The standard InChI is InChI=1S/C14H12BrF2NO2S/c1-20-14(19)9-3-4-10(13(17)12(9)16)18-7-6-8-2-5-11(15)21-8/h2-5,18H,6-7H2,1H3. The van der Waals surface area contributed by atoms with Gasteiger partial charge < -0.3 is 10.1 Å². The van der Waals surface area contributed by atoms with Gasteiger partial charge in [0.05, 0.1) is 22.1 Å². The lowest BCUT2D eigenvalue weighted by Crippen LogP contribution is -2.10. The van der Waals surface area contributed by atoms with Gasteiger partial charge in [0.25, 0.3) is 0 Å². The number of hydrogen-bond donors (Lipinski definition) is 1. The Morgan fingerprint density at radius 1 is 1.29 bits per heavy atom. The van der Waals surface area contributed by atoms with Crippen LogP contribution in [-0.2, 0) is 11.2 Å². The maximum atomic E-state index is 13.8. The first-order chi connectivity index (χ1) is 10.0. The summed E-state index contributed by atoms with van der Waals surface area (Å²) in [5.74, 6) is -3.18. The van der Waals surface area contributed by atoms with Crippen LogP contribution in [0.15, 0.2) is 28.1 Å². The molecule has 0 bridgehead atoms. The van der Waals surface area contributed by atoms with Crippen molar-refractivity contribution in [2.45, 2.75) is 6.42 Å². The zero-order valence-corrected chi connectivity index (χ0v) is 13.5. The lowest BCUT2D eigenvalue weighted by molar-refractivity contribution is 0.0594. The van der Waals surface area contributed by atoms with Crippen molar-refractivity contribution < 1.29 is 18.3 Å². The number of benzene rings is 1. The van der Waals surface area contributed by atoms with E-state index in [0.29, 0.717) is 13.0 Å². The molecule has 3 nitrogen and oxygen atoms in total. The summed E-state index contributed by atoms with van der Waals surface area (Å²) in [6.45, 7) is 0.459. The van der Waals surface area contributed by atoms with Crippen LogP contribution in [-0.4, -0.2) is 19.6 Å². The van der Waals surface area contributed by atoms with Crippen LogP contribution >= 0.6 is 27.3 Å². The molecule has 0 atom stereocenters. The molecule has 7 heteroatoms. The van der Waals surface area contributed by atoms with Crippen LogP contribution < -0.4 is 5.32 Å². The molecule has 112 valence electrons. The number of anilines is 1. The average molecular weight is 376 g/mol. The minimum atomic E-state index is -1.20. The molecule has 21 heavy (non-hydrogen) atoms. The van der Waals surface area contributed by atoms with Crippen LogP contribution in [0.5, 0.6) is 0 Å². The van der Waals surface area contributed by atoms with Crippen LogP contribution in [0.25, 0.3) is 0 Å². The van der Waals surface area contributed by atoms with E-state index in [2.05, 4.69) is 26.0 Å². The van der Waals surface area contributed by atoms with Crippen LogP contribution in [0.3, 0.4) is 0 Å². The molecule has 1 aromatic carbocycles. The number of hydrogen-bond acceptors (Lipinski definition) is 4. The van der Waals surface area contributed by atoms with Gasteiger partial charge in [-0.3, -0.25) is 0 Å². The maximum Gasteiger partial charge on any atom is 0.340 e. The van der Waals surface area contributed by atoms with E-state index in [0.717, 1.165) is 15.8 Å². The summed E-state index contributed by atoms with van der Waals surface area (Å²) < 4.78 is 33.0. The van der Waals surface area contributed by atoms with Crippen molar-refractivity contribution in [3.8, 4) is 0 Å². The van der Waals surface area contributed by atoms with E-state index in [4.69, 9.17) is 0 Å². The van der Waals surface area contributed by atoms with Crippen LogP contribution in [0, 0.1) is 11.6 Å². The number of esters is 1. The van der Waals surface area contributed by atoms with Crippen molar-refractivity contribution in [3.05, 3.63) is 50.1 Å². The Morgan fingerprint density at radius 2 is 2.05 bits per heavy atom. The third-order valence-electron chi connectivity index (χ3n) is 2.80. The quantitative estimate of drug-likeness (QED) is 0.794. The first-order valence-electron chi connectivity index (χ1n) is 6.07. The van der Waals surface area contributed by atoms with Gasteiger partial charge in [-0.2, -0.15) is 0 Å². The molecular weight excluding hydrogens is 364 g/mol. The minimum absolute atomic E-state index is 0.0239. The van der Waals surface area contributed by atoms with Gasteiger partial charge in [-0.15, -0.1) is 11.3 Å². The van der Waals surface area contributed by atoms with Crippen LogP contribution in [0.2, 0.25) is 0 Å². The molecule has 0 aliphatic rings. The van der Waals surface area contributed by atoms with Crippen molar-refractivity contribution in [3.63, 3.8) is 0 Å². The number of nitrogens with one attached hydrogen (secondary N) is 1. The van der Waals surface area contributed by atoms with Gasteiger partial charge in [-0.1, -0.05) is 0 Å². The molecule has 0 aliphatic carbocycles. The molecule has 1 N–H and O–H groups in total. The summed E-state index contributed by atoms with van der Waals surface area (Å²) in [7, 11) is 1.12. The molecule has 0 unspecified atom stereocenters.